The Morgan fingerprint density at radius 1 is 1.26 bits per heavy atom. The Bertz CT molecular complexity index is 520. The second-order valence-electron chi connectivity index (χ2n) is 4.76. The lowest BCUT2D eigenvalue weighted by atomic mass is 10.2. The first-order valence-corrected chi connectivity index (χ1v) is 8.09. The van der Waals surface area contributed by atoms with E-state index in [2.05, 4.69) is 5.32 Å². The van der Waals surface area contributed by atoms with Crippen LogP contribution in [0.25, 0.3) is 0 Å². The van der Waals surface area contributed by atoms with E-state index in [9.17, 15) is 13.2 Å². The van der Waals surface area contributed by atoms with Gasteiger partial charge < -0.3 is 5.32 Å². The third kappa shape index (κ3) is 5.03. The van der Waals surface area contributed by atoms with Crippen molar-refractivity contribution in [3.8, 4) is 0 Å². The van der Waals surface area contributed by atoms with Crippen molar-refractivity contribution in [1.82, 2.24) is 5.32 Å². The van der Waals surface area contributed by atoms with Crippen LogP contribution in [0.1, 0.15) is 32.3 Å². The van der Waals surface area contributed by atoms with E-state index in [4.69, 9.17) is 0 Å². The van der Waals surface area contributed by atoms with Crippen molar-refractivity contribution in [1.29, 1.82) is 0 Å². The van der Waals surface area contributed by atoms with Crippen LogP contribution in [0, 0.1) is 6.92 Å². The zero-order chi connectivity index (χ0) is 14.5. The lowest BCUT2D eigenvalue weighted by Crippen LogP contribution is -2.33. The van der Waals surface area contributed by atoms with Crippen LogP contribution in [0.4, 0.5) is 0 Å². The molecule has 0 aliphatic rings. The van der Waals surface area contributed by atoms with E-state index < -0.39 is 9.84 Å². The number of carbonyl (C=O) groups is 1. The fraction of sp³-hybridized carbons (Fsp3) is 0.500. The molecule has 1 unspecified atom stereocenters. The van der Waals surface area contributed by atoms with Crippen molar-refractivity contribution in [3.63, 3.8) is 0 Å². The summed E-state index contributed by atoms with van der Waals surface area (Å²) < 4.78 is 24.0. The van der Waals surface area contributed by atoms with Gasteiger partial charge in [0.25, 0.3) is 0 Å². The first-order chi connectivity index (χ1) is 8.85. The Morgan fingerprint density at radius 3 is 2.37 bits per heavy atom. The first kappa shape index (κ1) is 15.7. The lowest BCUT2D eigenvalue weighted by Gasteiger charge is -2.11. The summed E-state index contributed by atoms with van der Waals surface area (Å²) in [5.74, 6) is -0.372. The number of rotatable bonds is 6. The van der Waals surface area contributed by atoms with Crippen molar-refractivity contribution in [2.24, 2.45) is 0 Å². The van der Waals surface area contributed by atoms with Crippen molar-refractivity contribution in [2.75, 3.05) is 5.75 Å². The number of sulfone groups is 1. The maximum absolute atomic E-state index is 12.0. The van der Waals surface area contributed by atoms with E-state index in [0.29, 0.717) is 0 Å². The van der Waals surface area contributed by atoms with Crippen LogP contribution in [0.3, 0.4) is 0 Å². The molecule has 1 N–H and O–H groups in total. The van der Waals surface area contributed by atoms with Crippen LogP contribution < -0.4 is 5.32 Å². The molecule has 0 aliphatic heterocycles. The van der Waals surface area contributed by atoms with Gasteiger partial charge in [0.15, 0.2) is 9.84 Å². The smallest absolute Gasteiger partial charge is 0.221 e. The van der Waals surface area contributed by atoms with Gasteiger partial charge in [-0.15, -0.1) is 0 Å². The van der Waals surface area contributed by atoms with Gasteiger partial charge in [-0.05, 0) is 32.4 Å². The van der Waals surface area contributed by atoms with Crippen LogP contribution in [-0.4, -0.2) is 26.1 Å². The molecular formula is C14H21NO3S. The normalized spacial score (nSPS) is 13.0. The average molecular weight is 283 g/mol. The van der Waals surface area contributed by atoms with Crippen LogP contribution in [0.15, 0.2) is 29.2 Å². The molecule has 1 aromatic carbocycles. The number of benzene rings is 1. The highest BCUT2D eigenvalue weighted by Gasteiger charge is 2.16. The van der Waals surface area contributed by atoms with E-state index in [1.54, 1.807) is 24.3 Å². The SMILES string of the molecule is CCC(C)NC(=O)CCS(=O)(=O)c1ccc(C)cc1. The number of amides is 1. The molecule has 5 heteroatoms. The number of hydrogen-bond donors (Lipinski definition) is 1. The third-order valence-corrected chi connectivity index (χ3v) is 4.73. The minimum Gasteiger partial charge on any atom is -0.354 e. The predicted octanol–water partition coefficient (Wildman–Crippen LogP) is 2.07. The Morgan fingerprint density at radius 2 is 1.84 bits per heavy atom. The van der Waals surface area contributed by atoms with Crippen LogP contribution in [0.5, 0.6) is 0 Å². The van der Waals surface area contributed by atoms with E-state index in [1.165, 1.54) is 0 Å². The topological polar surface area (TPSA) is 63.2 Å². The van der Waals surface area contributed by atoms with Crippen LogP contribution in [-0.2, 0) is 14.6 Å². The maximum Gasteiger partial charge on any atom is 0.221 e. The van der Waals surface area contributed by atoms with E-state index in [0.717, 1.165) is 12.0 Å². The van der Waals surface area contributed by atoms with E-state index in [1.807, 2.05) is 20.8 Å². The lowest BCUT2D eigenvalue weighted by molar-refractivity contribution is -0.121. The molecule has 0 saturated carbocycles. The molecule has 0 heterocycles. The first-order valence-electron chi connectivity index (χ1n) is 6.44. The molecule has 0 radical (unpaired) electrons. The zero-order valence-electron chi connectivity index (χ0n) is 11.6. The molecule has 0 fully saturated rings. The molecule has 19 heavy (non-hydrogen) atoms. The van der Waals surface area contributed by atoms with Gasteiger partial charge in [-0.1, -0.05) is 24.6 Å². The highest BCUT2D eigenvalue weighted by Crippen LogP contribution is 2.13. The standard InChI is InChI=1S/C14H21NO3S/c1-4-12(3)15-14(16)9-10-19(17,18)13-7-5-11(2)6-8-13/h5-8,12H,4,9-10H2,1-3H3,(H,15,16). The Labute approximate surface area is 115 Å². The molecule has 1 rings (SSSR count). The Balaban J connectivity index is 2.61. The summed E-state index contributed by atoms with van der Waals surface area (Å²) in [4.78, 5) is 11.8. The summed E-state index contributed by atoms with van der Waals surface area (Å²) >= 11 is 0. The molecule has 1 amide bonds. The molecule has 0 aromatic heterocycles. The summed E-state index contributed by atoms with van der Waals surface area (Å²) in [5.41, 5.74) is 1.01. The molecule has 0 spiro atoms. The summed E-state index contributed by atoms with van der Waals surface area (Å²) in [6.45, 7) is 5.76. The van der Waals surface area contributed by atoms with Crippen molar-refractivity contribution in [2.45, 2.75) is 44.6 Å². The highest BCUT2D eigenvalue weighted by molar-refractivity contribution is 7.91. The number of nitrogens with one attached hydrogen (secondary N) is 1. The van der Waals surface area contributed by atoms with Crippen molar-refractivity contribution in [3.05, 3.63) is 29.8 Å². The molecule has 4 nitrogen and oxygen atoms in total. The molecule has 106 valence electrons. The third-order valence-electron chi connectivity index (χ3n) is 3.00. The van der Waals surface area contributed by atoms with Gasteiger partial charge in [-0.25, -0.2) is 8.42 Å². The second-order valence-corrected chi connectivity index (χ2v) is 6.87. The second kappa shape index (κ2) is 6.70. The average Bonchev–Trinajstić information content (AvgIpc) is 2.37. The summed E-state index contributed by atoms with van der Waals surface area (Å²) in [5, 5.41) is 2.76. The monoisotopic (exact) mass is 283 g/mol. The van der Waals surface area contributed by atoms with Crippen molar-refractivity contribution < 1.29 is 13.2 Å². The molecule has 1 aromatic rings. The zero-order valence-corrected chi connectivity index (χ0v) is 12.5. The van der Waals surface area contributed by atoms with E-state index in [-0.39, 0.29) is 29.0 Å². The predicted molar refractivity (Wildman–Crippen MR) is 75.7 cm³/mol. The number of aryl methyl sites for hydroxylation is 1. The summed E-state index contributed by atoms with van der Waals surface area (Å²) in [6.07, 6.45) is 0.830. The van der Waals surface area contributed by atoms with Gasteiger partial charge >= 0.3 is 0 Å². The highest BCUT2D eigenvalue weighted by atomic mass is 32.2. The van der Waals surface area contributed by atoms with Crippen LogP contribution >= 0.6 is 0 Å². The number of hydrogen-bond acceptors (Lipinski definition) is 3. The Kier molecular flexibility index (Phi) is 5.54. The summed E-state index contributed by atoms with van der Waals surface area (Å²) in [7, 11) is -3.38. The van der Waals surface area contributed by atoms with Gasteiger partial charge in [0.1, 0.15) is 0 Å². The molecular weight excluding hydrogens is 262 g/mol. The summed E-state index contributed by atoms with van der Waals surface area (Å²) in [6, 6.07) is 6.75. The fourth-order valence-electron chi connectivity index (χ4n) is 1.54. The quantitative estimate of drug-likeness (QED) is 0.869. The number of carbonyl (C=O) groups excluding carboxylic acids is 1. The van der Waals surface area contributed by atoms with Crippen LogP contribution in [0.2, 0.25) is 0 Å². The molecule has 0 aliphatic carbocycles. The minimum absolute atomic E-state index is 0.000545. The maximum atomic E-state index is 12.0. The molecule has 0 bridgehead atoms. The van der Waals surface area contributed by atoms with Gasteiger partial charge in [-0.3, -0.25) is 4.79 Å². The molecule has 1 atom stereocenters. The van der Waals surface area contributed by atoms with E-state index >= 15 is 0 Å². The van der Waals surface area contributed by atoms with Gasteiger partial charge in [0.05, 0.1) is 10.6 Å². The Hall–Kier alpha value is -1.36. The largest absolute Gasteiger partial charge is 0.354 e. The fourth-order valence-corrected chi connectivity index (χ4v) is 2.78. The van der Waals surface area contributed by atoms with Crippen molar-refractivity contribution >= 4 is 15.7 Å². The van der Waals surface area contributed by atoms with Gasteiger partial charge in [0.2, 0.25) is 5.91 Å². The molecule has 0 saturated heterocycles. The van der Waals surface area contributed by atoms with Gasteiger partial charge in [-0.2, -0.15) is 0 Å². The van der Waals surface area contributed by atoms with Gasteiger partial charge in [0, 0.05) is 12.5 Å². The minimum atomic E-state index is -3.38.